The summed E-state index contributed by atoms with van der Waals surface area (Å²) in [6.45, 7) is 1.32. The Hall–Kier alpha value is -1.58. The van der Waals surface area contributed by atoms with E-state index in [1.54, 1.807) is 0 Å². The molecule has 4 heteroatoms. The first-order chi connectivity index (χ1) is 5.68. The molecule has 0 bridgehead atoms. The lowest BCUT2D eigenvalue weighted by atomic mass is 10.3. The molecule has 0 spiro atoms. The zero-order valence-electron chi connectivity index (χ0n) is 6.50. The summed E-state index contributed by atoms with van der Waals surface area (Å²) in [5.41, 5.74) is 2.12. The van der Waals surface area contributed by atoms with Crippen molar-refractivity contribution in [2.45, 2.75) is 6.92 Å². The van der Waals surface area contributed by atoms with Crippen LogP contribution in [0, 0.1) is 5.82 Å². The molecule has 0 heterocycles. The van der Waals surface area contributed by atoms with Gasteiger partial charge in [-0.2, -0.15) is 5.48 Å². The third kappa shape index (κ3) is 2.57. The molecule has 1 N–H and O–H groups in total. The number of hydroxylamine groups is 1. The largest absolute Gasteiger partial charge is 0.380 e. The highest BCUT2D eigenvalue weighted by Gasteiger charge is 1.94. The van der Waals surface area contributed by atoms with E-state index >= 15 is 0 Å². The Morgan fingerprint density at radius 2 is 2.00 bits per heavy atom. The Labute approximate surface area is 69.1 Å². The maximum atomic E-state index is 12.3. The van der Waals surface area contributed by atoms with Gasteiger partial charge in [-0.1, -0.05) is 0 Å². The number of hydrogen-bond acceptors (Lipinski definition) is 2. The van der Waals surface area contributed by atoms with Crippen molar-refractivity contribution in [3.05, 3.63) is 30.1 Å². The number of benzene rings is 1. The maximum absolute atomic E-state index is 12.3. The molecule has 0 fully saturated rings. The standard InChI is InChI=1S/C8H8FNO2/c1-6(11)10-12-8-4-2-7(9)3-5-8/h2-5H,1H3,(H,10,11). The molecule has 0 saturated carbocycles. The number of hydrogen-bond donors (Lipinski definition) is 1. The zero-order valence-corrected chi connectivity index (χ0v) is 6.50. The number of carbonyl (C=O) groups excluding carboxylic acids is 1. The summed E-state index contributed by atoms with van der Waals surface area (Å²) in [6.07, 6.45) is 0. The summed E-state index contributed by atoms with van der Waals surface area (Å²) in [5.74, 6) is -0.254. The molecule has 0 aliphatic rings. The van der Waals surface area contributed by atoms with Gasteiger partial charge in [0.25, 0.3) is 0 Å². The Morgan fingerprint density at radius 3 is 2.50 bits per heavy atom. The molecule has 0 aliphatic heterocycles. The lowest BCUT2D eigenvalue weighted by Crippen LogP contribution is -2.23. The summed E-state index contributed by atoms with van der Waals surface area (Å²) >= 11 is 0. The predicted octanol–water partition coefficient (Wildman–Crippen LogP) is 1.26. The molecular formula is C8H8FNO2. The minimum absolute atomic E-state index is 0.306. The second-order valence-corrected chi connectivity index (χ2v) is 2.21. The minimum atomic E-state index is -0.342. The molecule has 0 saturated heterocycles. The normalized spacial score (nSPS) is 9.17. The van der Waals surface area contributed by atoms with E-state index in [0.717, 1.165) is 0 Å². The van der Waals surface area contributed by atoms with E-state index in [4.69, 9.17) is 4.84 Å². The first-order valence-electron chi connectivity index (χ1n) is 3.37. The van der Waals surface area contributed by atoms with Crippen LogP contribution in [0.25, 0.3) is 0 Å². The van der Waals surface area contributed by atoms with Gasteiger partial charge in [0, 0.05) is 6.92 Å². The molecule has 0 aromatic heterocycles. The van der Waals surface area contributed by atoms with Gasteiger partial charge in [0.05, 0.1) is 0 Å². The molecule has 64 valence electrons. The van der Waals surface area contributed by atoms with E-state index in [1.807, 2.05) is 0 Å². The molecule has 3 nitrogen and oxygen atoms in total. The van der Waals surface area contributed by atoms with E-state index in [9.17, 15) is 9.18 Å². The summed E-state index contributed by atoms with van der Waals surface area (Å²) in [4.78, 5) is 15.1. The van der Waals surface area contributed by atoms with Crippen molar-refractivity contribution in [1.82, 2.24) is 5.48 Å². The number of nitrogens with one attached hydrogen (secondary N) is 1. The minimum Gasteiger partial charge on any atom is -0.380 e. The van der Waals surface area contributed by atoms with Crippen LogP contribution >= 0.6 is 0 Å². The second-order valence-electron chi connectivity index (χ2n) is 2.21. The Morgan fingerprint density at radius 1 is 1.42 bits per heavy atom. The predicted molar refractivity (Wildman–Crippen MR) is 40.8 cm³/mol. The van der Waals surface area contributed by atoms with Crippen LogP contribution in [-0.2, 0) is 4.79 Å². The average Bonchev–Trinajstić information content (AvgIpc) is 2.03. The number of carbonyl (C=O) groups is 1. The van der Waals surface area contributed by atoms with Crippen molar-refractivity contribution in [3.8, 4) is 5.75 Å². The van der Waals surface area contributed by atoms with Gasteiger partial charge in [0.2, 0.25) is 5.91 Å². The summed E-state index contributed by atoms with van der Waals surface area (Å²) < 4.78 is 12.3. The number of halogens is 1. The van der Waals surface area contributed by atoms with Crippen LogP contribution in [0.2, 0.25) is 0 Å². The fraction of sp³-hybridized carbons (Fsp3) is 0.125. The van der Waals surface area contributed by atoms with Crippen LogP contribution in [0.15, 0.2) is 24.3 Å². The van der Waals surface area contributed by atoms with E-state index < -0.39 is 0 Å². The van der Waals surface area contributed by atoms with Crippen LogP contribution in [0.3, 0.4) is 0 Å². The fourth-order valence-corrected chi connectivity index (χ4v) is 0.633. The van der Waals surface area contributed by atoms with Gasteiger partial charge < -0.3 is 4.84 Å². The SMILES string of the molecule is CC(=O)NOc1ccc(F)cc1. The third-order valence-corrected chi connectivity index (χ3v) is 1.13. The van der Waals surface area contributed by atoms with Crippen LogP contribution in [0.1, 0.15) is 6.92 Å². The highest BCUT2D eigenvalue weighted by Crippen LogP contribution is 2.09. The fourth-order valence-electron chi connectivity index (χ4n) is 0.633. The molecule has 1 amide bonds. The van der Waals surface area contributed by atoms with Crippen molar-refractivity contribution in [2.75, 3.05) is 0 Å². The topological polar surface area (TPSA) is 38.3 Å². The zero-order chi connectivity index (χ0) is 8.97. The first kappa shape index (κ1) is 8.52. The maximum Gasteiger partial charge on any atom is 0.249 e. The molecule has 0 atom stereocenters. The molecule has 0 radical (unpaired) electrons. The quantitative estimate of drug-likeness (QED) is 0.677. The van der Waals surface area contributed by atoms with E-state index in [-0.39, 0.29) is 11.7 Å². The lowest BCUT2D eigenvalue weighted by molar-refractivity contribution is -0.125. The van der Waals surface area contributed by atoms with Gasteiger partial charge >= 0.3 is 0 Å². The Bertz CT molecular complexity index is 271. The molecule has 1 aromatic carbocycles. The average molecular weight is 169 g/mol. The van der Waals surface area contributed by atoms with Crippen molar-refractivity contribution in [2.24, 2.45) is 0 Å². The summed E-state index contributed by atoms with van der Waals surface area (Å²) in [6, 6.07) is 5.34. The monoisotopic (exact) mass is 169 g/mol. The van der Waals surface area contributed by atoms with Gasteiger partial charge in [-0.15, -0.1) is 0 Å². The molecule has 1 aromatic rings. The smallest absolute Gasteiger partial charge is 0.249 e. The van der Waals surface area contributed by atoms with E-state index in [1.165, 1.54) is 31.2 Å². The molecule has 1 rings (SSSR count). The highest BCUT2D eigenvalue weighted by atomic mass is 19.1. The molecule has 0 unspecified atom stereocenters. The van der Waals surface area contributed by atoms with Gasteiger partial charge in [0.15, 0.2) is 5.75 Å². The number of amides is 1. The van der Waals surface area contributed by atoms with Crippen molar-refractivity contribution in [3.63, 3.8) is 0 Å². The van der Waals surface area contributed by atoms with Gasteiger partial charge in [-0.25, -0.2) is 4.39 Å². The van der Waals surface area contributed by atoms with Crippen molar-refractivity contribution < 1.29 is 14.0 Å². The first-order valence-corrected chi connectivity index (χ1v) is 3.37. The van der Waals surface area contributed by atoms with E-state index in [0.29, 0.717) is 5.75 Å². The summed E-state index contributed by atoms with van der Waals surface area (Å²) in [7, 11) is 0. The van der Waals surface area contributed by atoms with Gasteiger partial charge in [-0.05, 0) is 24.3 Å². The van der Waals surface area contributed by atoms with Gasteiger partial charge in [0.1, 0.15) is 5.82 Å². The Kier molecular flexibility index (Phi) is 2.63. The Balaban J connectivity index is 2.53. The third-order valence-electron chi connectivity index (χ3n) is 1.13. The highest BCUT2D eigenvalue weighted by molar-refractivity contribution is 5.71. The van der Waals surface area contributed by atoms with E-state index in [2.05, 4.69) is 5.48 Å². The van der Waals surface area contributed by atoms with Gasteiger partial charge in [-0.3, -0.25) is 4.79 Å². The molecule has 0 aliphatic carbocycles. The van der Waals surface area contributed by atoms with Crippen LogP contribution in [0.5, 0.6) is 5.75 Å². The van der Waals surface area contributed by atoms with Crippen LogP contribution in [-0.4, -0.2) is 5.91 Å². The lowest BCUT2D eigenvalue weighted by Gasteiger charge is -2.03. The number of rotatable bonds is 2. The van der Waals surface area contributed by atoms with Crippen LogP contribution in [0.4, 0.5) is 4.39 Å². The van der Waals surface area contributed by atoms with Crippen molar-refractivity contribution in [1.29, 1.82) is 0 Å². The molecule has 12 heavy (non-hydrogen) atoms. The molecular weight excluding hydrogens is 161 g/mol. The van der Waals surface area contributed by atoms with Crippen LogP contribution < -0.4 is 10.3 Å². The van der Waals surface area contributed by atoms with Crippen molar-refractivity contribution >= 4 is 5.91 Å². The second kappa shape index (κ2) is 3.71. The summed E-state index contributed by atoms with van der Waals surface area (Å²) in [5, 5.41) is 0.